The fraction of sp³-hybridized carbons (Fsp3) is 0.900. The predicted octanol–water partition coefficient (Wildman–Crippen LogP) is 5.84. The minimum atomic E-state index is -0.441. The molecule has 0 aromatic carbocycles. The number of ketones is 1. The molecule has 4 heteroatoms. The van der Waals surface area contributed by atoms with Crippen LogP contribution in [0.2, 0.25) is 0 Å². The number of fused-ring (bicyclic) bond motifs is 4. The van der Waals surface area contributed by atoms with Gasteiger partial charge in [0.25, 0.3) is 0 Å². The summed E-state index contributed by atoms with van der Waals surface area (Å²) in [5.41, 5.74) is 2.41. The first-order valence-corrected chi connectivity index (χ1v) is 13.9. The van der Waals surface area contributed by atoms with Gasteiger partial charge in [0.1, 0.15) is 11.9 Å². The molecule has 34 heavy (non-hydrogen) atoms. The second kappa shape index (κ2) is 7.42. The molecular formula is C30H48O4. The molecule has 5 rings (SSSR count). The number of carbonyl (C=O) groups is 1. The molecule has 2 N–H and O–H groups in total. The van der Waals surface area contributed by atoms with E-state index in [0.29, 0.717) is 30.5 Å². The lowest BCUT2D eigenvalue weighted by Gasteiger charge is -2.61. The lowest BCUT2D eigenvalue weighted by molar-refractivity contribution is -0.141. The summed E-state index contributed by atoms with van der Waals surface area (Å²) in [4.78, 5) is 12.8. The monoisotopic (exact) mass is 472 g/mol. The smallest absolute Gasteiger partial charge is 0.138 e. The zero-order valence-corrected chi connectivity index (χ0v) is 22.8. The molecule has 4 nitrogen and oxygen atoms in total. The minimum absolute atomic E-state index is 0.0151. The third kappa shape index (κ3) is 3.16. The number of carbonyl (C=O) groups excluding carboxylic acids is 1. The number of allylic oxidation sites excluding steroid dienone is 1. The molecule has 0 bridgehead atoms. The Kier molecular flexibility index (Phi) is 5.44. The first-order valence-electron chi connectivity index (χ1n) is 13.9. The van der Waals surface area contributed by atoms with E-state index in [-0.39, 0.29) is 39.3 Å². The van der Waals surface area contributed by atoms with Gasteiger partial charge < -0.3 is 14.9 Å². The summed E-state index contributed by atoms with van der Waals surface area (Å²) >= 11 is 0. The van der Waals surface area contributed by atoms with Crippen LogP contribution in [0, 0.1) is 39.4 Å². The highest BCUT2D eigenvalue weighted by Gasteiger charge is 2.65. The van der Waals surface area contributed by atoms with Gasteiger partial charge in [-0.1, -0.05) is 47.1 Å². The van der Waals surface area contributed by atoms with Crippen molar-refractivity contribution in [3.05, 3.63) is 11.1 Å². The van der Waals surface area contributed by atoms with Crippen LogP contribution < -0.4 is 0 Å². The number of Topliss-reactive ketones (excluding diaryl/α,β-unsaturated/α-hetero) is 1. The lowest BCUT2D eigenvalue weighted by atomic mass is 9.43. The van der Waals surface area contributed by atoms with Crippen molar-refractivity contribution in [3.63, 3.8) is 0 Å². The molecule has 9 atom stereocenters. The Labute approximate surface area is 206 Å². The van der Waals surface area contributed by atoms with Crippen molar-refractivity contribution >= 4 is 5.78 Å². The highest BCUT2D eigenvalue weighted by molar-refractivity contribution is 5.85. The van der Waals surface area contributed by atoms with E-state index in [9.17, 15) is 15.0 Å². The molecule has 0 radical (unpaired) electrons. The van der Waals surface area contributed by atoms with Crippen molar-refractivity contribution in [2.75, 3.05) is 0 Å². The number of epoxide rings is 1. The van der Waals surface area contributed by atoms with Crippen molar-refractivity contribution in [1.82, 2.24) is 0 Å². The molecule has 1 saturated heterocycles. The Morgan fingerprint density at radius 2 is 1.68 bits per heavy atom. The fourth-order valence-electron chi connectivity index (χ4n) is 9.91. The van der Waals surface area contributed by atoms with Crippen molar-refractivity contribution in [3.8, 4) is 0 Å². The Bertz CT molecular complexity index is 917. The van der Waals surface area contributed by atoms with Gasteiger partial charge in [-0.05, 0) is 98.4 Å². The van der Waals surface area contributed by atoms with Gasteiger partial charge in [0.05, 0.1) is 17.8 Å². The summed E-state index contributed by atoms with van der Waals surface area (Å²) in [6.07, 6.45) is 6.67. The lowest BCUT2D eigenvalue weighted by Crippen LogP contribution is -2.57. The van der Waals surface area contributed by atoms with E-state index < -0.39 is 12.2 Å². The maximum absolute atomic E-state index is 12.8. The summed E-state index contributed by atoms with van der Waals surface area (Å²) in [5.74, 6) is 1.54. The van der Waals surface area contributed by atoms with Crippen LogP contribution in [0.1, 0.15) is 107 Å². The van der Waals surface area contributed by atoms with Crippen LogP contribution in [-0.4, -0.2) is 39.9 Å². The van der Waals surface area contributed by atoms with Gasteiger partial charge in [0.2, 0.25) is 0 Å². The highest BCUT2D eigenvalue weighted by Crippen LogP contribution is 2.72. The Balaban J connectivity index is 1.46. The van der Waals surface area contributed by atoms with Crippen LogP contribution in [-0.2, 0) is 9.53 Å². The van der Waals surface area contributed by atoms with Crippen LogP contribution in [0.4, 0.5) is 0 Å². The number of ether oxygens (including phenoxy) is 1. The van der Waals surface area contributed by atoms with Crippen LogP contribution in [0.25, 0.3) is 0 Å². The van der Waals surface area contributed by atoms with E-state index in [4.69, 9.17) is 4.74 Å². The molecule has 1 aliphatic heterocycles. The Morgan fingerprint density at radius 1 is 1.03 bits per heavy atom. The number of aliphatic hydroxyl groups is 2. The minimum Gasteiger partial charge on any atom is -0.390 e. The second-order valence-electron chi connectivity index (χ2n) is 14.6. The van der Waals surface area contributed by atoms with Gasteiger partial charge in [-0.3, -0.25) is 4.79 Å². The maximum atomic E-state index is 12.8. The molecule has 1 unspecified atom stereocenters. The van der Waals surface area contributed by atoms with Crippen molar-refractivity contribution in [1.29, 1.82) is 0 Å². The van der Waals surface area contributed by atoms with Gasteiger partial charge in [-0.2, -0.15) is 0 Å². The molecule has 0 spiro atoms. The van der Waals surface area contributed by atoms with E-state index in [0.717, 1.165) is 38.5 Å². The largest absolute Gasteiger partial charge is 0.390 e. The molecule has 1 heterocycles. The fourth-order valence-corrected chi connectivity index (χ4v) is 9.91. The van der Waals surface area contributed by atoms with E-state index in [2.05, 4.69) is 55.4 Å². The van der Waals surface area contributed by atoms with Crippen LogP contribution in [0.5, 0.6) is 0 Å². The van der Waals surface area contributed by atoms with E-state index in [1.54, 1.807) is 0 Å². The number of hydrogen-bond donors (Lipinski definition) is 2. The summed E-state index contributed by atoms with van der Waals surface area (Å²) in [5, 5.41) is 22.5. The summed E-state index contributed by atoms with van der Waals surface area (Å²) in [6.45, 7) is 18.0. The third-order valence-electron chi connectivity index (χ3n) is 12.3. The molecule has 2 saturated carbocycles. The molecule has 3 fully saturated rings. The third-order valence-corrected chi connectivity index (χ3v) is 12.3. The molecule has 5 aliphatic rings. The standard InChI is InChI=1S/C30H48O4/c1-17(15-21(32)25-27(4,5)34-25)18-9-14-30(8)24-19(10-13-29(18,30)7)28(6)12-11-23(33)26(2,3)22(28)16-20(24)31/h17-18,20-22,25,31-32H,9-16H2,1-8H3/t17-,18-,20-,21-,22?,25+,28-,29+,30-/m1/s1. The van der Waals surface area contributed by atoms with E-state index >= 15 is 0 Å². The average molecular weight is 473 g/mol. The first-order chi connectivity index (χ1) is 15.6. The van der Waals surface area contributed by atoms with E-state index in [1.165, 1.54) is 11.1 Å². The summed E-state index contributed by atoms with van der Waals surface area (Å²) < 4.78 is 5.74. The highest BCUT2D eigenvalue weighted by atomic mass is 16.6. The maximum Gasteiger partial charge on any atom is 0.138 e. The summed E-state index contributed by atoms with van der Waals surface area (Å²) in [7, 11) is 0. The van der Waals surface area contributed by atoms with Crippen molar-refractivity contribution in [2.45, 2.75) is 131 Å². The predicted molar refractivity (Wildman–Crippen MR) is 134 cm³/mol. The van der Waals surface area contributed by atoms with Gasteiger partial charge in [-0.25, -0.2) is 0 Å². The quantitative estimate of drug-likeness (QED) is 0.398. The first kappa shape index (κ1) is 25.0. The normalized spacial score (nSPS) is 48.6. The van der Waals surface area contributed by atoms with Crippen LogP contribution in [0.15, 0.2) is 11.1 Å². The zero-order valence-electron chi connectivity index (χ0n) is 22.8. The van der Waals surface area contributed by atoms with Crippen LogP contribution in [0.3, 0.4) is 0 Å². The van der Waals surface area contributed by atoms with Gasteiger partial charge in [0, 0.05) is 11.8 Å². The molecule has 0 aromatic rings. The van der Waals surface area contributed by atoms with Gasteiger partial charge >= 0.3 is 0 Å². The van der Waals surface area contributed by atoms with Gasteiger partial charge in [0.15, 0.2) is 0 Å². The Hall–Kier alpha value is -0.710. The van der Waals surface area contributed by atoms with Crippen molar-refractivity contribution in [2.24, 2.45) is 39.4 Å². The average Bonchev–Trinajstić information content (AvgIpc) is 3.28. The van der Waals surface area contributed by atoms with Crippen LogP contribution >= 0.6 is 0 Å². The summed E-state index contributed by atoms with van der Waals surface area (Å²) in [6, 6.07) is 0. The van der Waals surface area contributed by atoms with Crippen molar-refractivity contribution < 1.29 is 19.7 Å². The SMILES string of the molecule is C[C@H](C[C@@H](O)[C@@H]1OC1(C)C)[C@H]1CC[C@]2(C)C3=C(CC[C@@]12C)[C@@]1(C)CCC(=O)C(C)(C)C1C[C@H]3O. The molecular weight excluding hydrogens is 424 g/mol. The molecule has 192 valence electrons. The van der Waals surface area contributed by atoms with E-state index in [1.807, 2.05) is 0 Å². The number of hydrogen-bond acceptors (Lipinski definition) is 4. The topological polar surface area (TPSA) is 70.1 Å². The number of aliphatic hydroxyl groups excluding tert-OH is 2. The number of rotatable bonds is 4. The molecule has 0 aromatic heterocycles. The molecule has 4 aliphatic carbocycles. The Morgan fingerprint density at radius 3 is 2.29 bits per heavy atom. The molecule has 0 amide bonds. The zero-order chi connectivity index (χ0) is 25.1. The van der Waals surface area contributed by atoms with Gasteiger partial charge in [-0.15, -0.1) is 0 Å². The second-order valence-corrected chi connectivity index (χ2v) is 14.6.